The summed E-state index contributed by atoms with van der Waals surface area (Å²) in [5.74, 6) is -5.09. The second-order valence-corrected chi connectivity index (χ2v) is 13.3. The third-order valence-corrected chi connectivity index (χ3v) is 8.86. The van der Waals surface area contributed by atoms with E-state index >= 15 is 0 Å². The molecule has 2 heterocycles. The van der Waals surface area contributed by atoms with E-state index in [1.807, 2.05) is 13.0 Å². The number of carboxylic acid groups (broad SMARTS) is 3. The highest BCUT2D eigenvalue weighted by molar-refractivity contribution is 5.81. The Morgan fingerprint density at radius 1 is 0.958 bits per heavy atom. The molecule has 7 atom stereocenters. The lowest BCUT2D eigenvalue weighted by atomic mass is 9.77. The first-order valence-corrected chi connectivity index (χ1v) is 16.9. The van der Waals surface area contributed by atoms with Crippen molar-refractivity contribution >= 4 is 23.9 Å². The van der Waals surface area contributed by atoms with Gasteiger partial charge in [-0.2, -0.15) is 0 Å². The van der Waals surface area contributed by atoms with Gasteiger partial charge in [0.1, 0.15) is 5.60 Å². The van der Waals surface area contributed by atoms with E-state index in [2.05, 4.69) is 13.8 Å². The fourth-order valence-corrected chi connectivity index (χ4v) is 6.14. The molecule has 1 spiro atoms. The van der Waals surface area contributed by atoms with Gasteiger partial charge >= 0.3 is 23.9 Å². The van der Waals surface area contributed by atoms with Crippen molar-refractivity contribution in [3.63, 3.8) is 0 Å². The van der Waals surface area contributed by atoms with Crippen LogP contribution in [0.15, 0.2) is 59.8 Å². The number of hydrogen-bond acceptors (Lipinski definition) is 8. The summed E-state index contributed by atoms with van der Waals surface area (Å²) in [6.07, 6.45) is 15.9. The first-order chi connectivity index (χ1) is 22.6. The highest BCUT2D eigenvalue weighted by atomic mass is 16.7. The first-order valence-electron chi connectivity index (χ1n) is 16.9. The van der Waals surface area contributed by atoms with Crippen LogP contribution in [0.25, 0.3) is 0 Å². The summed E-state index contributed by atoms with van der Waals surface area (Å²) >= 11 is 0. The van der Waals surface area contributed by atoms with E-state index in [4.69, 9.17) is 24.4 Å². The Morgan fingerprint density at radius 3 is 2.33 bits per heavy atom. The van der Waals surface area contributed by atoms with Crippen LogP contribution in [0.5, 0.6) is 0 Å². The molecule has 0 aromatic heterocycles. The monoisotopic (exact) mass is 674 g/mol. The summed E-state index contributed by atoms with van der Waals surface area (Å²) in [5.41, 5.74) is 0.443. The predicted molar refractivity (Wildman–Crippen MR) is 180 cm³/mol. The van der Waals surface area contributed by atoms with Gasteiger partial charge in [0.05, 0.1) is 31.2 Å². The van der Waals surface area contributed by atoms with E-state index in [1.54, 1.807) is 38.2 Å². The Bertz CT molecular complexity index is 1260. The number of carboxylic acids is 3. The molecule has 0 aromatic rings. The van der Waals surface area contributed by atoms with Gasteiger partial charge in [0.25, 0.3) is 0 Å². The highest BCUT2D eigenvalue weighted by Crippen LogP contribution is 2.49. The summed E-state index contributed by atoms with van der Waals surface area (Å²) in [7, 11) is 0. The van der Waals surface area contributed by atoms with Crippen molar-refractivity contribution in [1.82, 2.24) is 0 Å². The van der Waals surface area contributed by atoms with Gasteiger partial charge in [0, 0.05) is 37.3 Å². The Balaban J connectivity index is 2.37. The smallest absolute Gasteiger partial charge is 0.328 e. The SMILES string of the molecule is CCCCCC1(OC(=O)CCC(=O)O)CC(C=CC(C)=CC(=O)O)OC2(CCC(C)C(CC=C(C)C=CC(O)C(C)C=CC(=O)O)O2)C1. The summed E-state index contributed by atoms with van der Waals surface area (Å²) in [4.78, 5) is 46.2. The number of aliphatic hydroxyl groups excluding tert-OH is 1. The molecule has 2 rings (SSSR count). The predicted octanol–water partition coefficient (Wildman–Crippen LogP) is 6.52. The lowest BCUT2D eigenvalue weighted by Crippen LogP contribution is -2.58. The van der Waals surface area contributed by atoms with E-state index in [9.17, 15) is 29.4 Å². The third-order valence-electron chi connectivity index (χ3n) is 8.86. The number of aliphatic hydroxyl groups is 1. The fraction of sp³-hybridized carbons (Fsp3) is 0.622. The topological polar surface area (TPSA) is 177 Å². The minimum Gasteiger partial charge on any atom is -0.481 e. The molecule has 0 saturated carbocycles. The second kappa shape index (κ2) is 19.5. The van der Waals surface area contributed by atoms with Crippen LogP contribution in [0.4, 0.5) is 0 Å². The number of hydrogen-bond donors (Lipinski definition) is 4. The van der Waals surface area contributed by atoms with Crippen LogP contribution in [-0.4, -0.2) is 74.0 Å². The molecule has 268 valence electrons. The summed E-state index contributed by atoms with van der Waals surface area (Å²) in [5, 5.41) is 37.6. The third kappa shape index (κ3) is 14.3. The minimum atomic E-state index is -1.09. The van der Waals surface area contributed by atoms with Crippen molar-refractivity contribution in [3.05, 3.63) is 59.8 Å². The molecule has 0 amide bonds. The maximum absolute atomic E-state index is 13.0. The van der Waals surface area contributed by atoms with E-state index in [1.165, 1.54) is 6.08 Å². The van der Waals surface area contributed by atoms with Crippen LogP contribution < -0.4 is 0 Å². The van der Waals surface area contributed by atoms with E-state index in [0.29, 0.717) is 31.3 Å². The number of esters is 1. The van der Waals surface area contributed by atoms with Crippen molar-refractivity contribution in [2.75, 3.05) is 0 Å². The molecular weight excluding hydrogens is 620 g/mol. The van der Waals surface area contributed by atoms with E-state index < -0.39 is 47.5 Å². The van der Waals surface area contributed by atoms with Gasteiger partial charge < -0.3 is 34.6 Å². The number of ether oxygens (including phenoxy) is 3. The average molecular weight is 675 g/mol. The van der Waals surface area contributed by atoms with Crippen molar-refractivity contribution < 1.29 is 53.8 Å². The van der Waals surface area contributed by atoms with E-state index in [-0.39, 0.29) is 37.2 Å². The molecular formula is C37H54O11. The number of carbonyl (C=O) groups excluding carboxylic acids is 1. The molecule has 2 fully saturated rings. The lowest BCUT2D eigenvalue weighted by Gasteiger charge is -2.53. The lowest BCUT2D eigenvalue weighted by molar-refractivity contribution is -0.342. The molecule has 2 aliphatic heterocycles. The molecule has 0 aromatic carbocycles. The molecule has 2 aliphatic rings. The van der Waals surface area contributed by atoms with E-state index in [0.717, 1.165) is 43.4 Å². The van der Waals surface area contributed by atoms with Crippen LogP contribution in [-0.2, 0) is 33.4 Å². The molecule has 48 heavy (non-hydrogen) atoms. The number of aliphatic carboxylic acids is 3. The summed E-state index contributed by atoms with van der Waals surface area (Å²) in [6, 6.07) is 0. The minimum absolute atomic E-state index is 0.184. The number of carbonyl (C=O) groups is 4. The normalized spacial score (nSPS) is 28.2. The van der Waals surface area contributed by atoms with Gasteiger partial charge in [-0.25, -0.2) is 9.59 Å². The van der Waals surface area contributed by atoms with Gasteiger partial charge in [-0.05, 0) is 51.0 Å². The molecule has 4 N–H and O–H groups in total. The Morgan fingerprint density at radius 2 is 1.69 bits per heavy atom. The maximum Gasteiger partial charge on any atom is 0.328 e. The standard InChI is InChI=1S/C37H54O11/c1-6-7-8-20-36(48-35(45)18-17-33(41)42)23-29(13-9-26(3)22-34(43)44)46-37(24-36)21-19-28(5)31(47-37)15-11-25(2)10-14-30(38)27(4)12-16-32(39)40/h9-14,16,22,27-31,38H,6-8,15,17-21,23-24H2,1-5H3,(H,39,40)(H,41,42)(H,43,44). The van der Waals surface area contributed by atoms with Crippen molar-refractivity contribution in [3.8, 4) is 0 Å². The van der Waals surface area contributed by atoms with Gasteiger partial charge in [0.15, 0.2) is 5.79 Å². The fourth-order valence-electron chi connectivity index (χ4n) is 6.14. The number of unbranched alkanes of at least 4 members (excludes halogenated alkanes) is 2. The first kappa shape index (κ1) is 40.6. The highest BCUT2D eigenvalue weighted by Gasteiger charge is 2.54. The summed E-state index contributed by atoms with van der Waals surface area (Å²) < 4.78 is 19.6. The molecule has 2 saturated heterocycles. The van der Waals surface area contributed by atoms with Crippen molar-refractivity contribution in [1.29, 1.82) is 0 Å². The number of allylic oxidation sites excluding steroid dienone is 4. The average Bonchev–Trinajstić information content (AvgIpc) is 3.00. The Labute approximate surface area is 284 Å². The van der Waals surface area contributed by atoms with Gasteiger partial charge in [-0.3, -0.25) is 9.59 Å². The number of rotatable bonds is 18. The maximum atomic E-state index is 13.0. The molecule has 11 heteroatoms. The molecule has 11 nitrogen and oxygen atoms in total. The van der Waals surface area contributed by atoms with Gasteiger partial charge in [0.2, 0.25) is 0 Å². The van der Waals surface area contributed by atoms with Gasteiger partial charge in [-0.1, -0.05) is 75.6 Å². The zero-order valence-electron chi connectivity index (χ0n) is 28.9. The van der Waals surface area contributed by atoms with Crippen molar-refractivity contribution in [2.45, 2.75) is 135 Å². The molecule has 0 aliphatic carbocycles. The Hall–Kier alpha value is -3.54. The van der Waals surface area contributed by atoms with Gasteiger partial charge in [-0.15, -0.1) is 0 Å². The Kier molecular flexibility index (Phi) is 16.5. The van der Waals surface area contributed by atoms with Crippen LogP contribution in [0.2, 0.25) is 0 Å². The van der Waals surface area contributed by atoms with Crippen LogP contribution in [0.1, 0.15) is 105 Å². The second-order valence-electron chi connectivity index (χ2n) is 13.3. The zero-order valence-corrected chi connectivity index (χ0v) is 28.9. The molecule has 0 radical (unpaired) electrons. The molecule has 0 bridgehead atoms. The van der Waals surface area contributed by atoms with Crippen molar-refractivity contribution in [2.24, 2.45) is 11.8 Å². The largest absolute Gasteiger partial charge is 0.481 e. The zero-order chi connectivity index (χ0) is 35.9. The quantitative estimate of drug-likeness (QED) is 0.0539. The van der Waals surface area contributed by atoms with Crippen LogP contribution >= 0.6 is 0 Å². The molecule has 7 unspecified atom stereocenters. The van der Waals surface area contributed by atoms with Crippen LogP contribution in [0, 0.1) is 11.8 Å². The van der Waals surface area contributed by atoms with Crippen LogP contribution in [0.3, 0.4) is 0 Å². The summed E-state index contributed by atoms with van der Waals surface area (Å²) in [6.45, 7) is 9.50.